The van der Waals surface area contributed by atoms with E-state index in [2.05, 4.69) is 20.6 Å². The van der Waals surface area contributed by atoms with Crippen LogP contribution < -0.4 is 10.6 Å². The van der Waals surface area contributed by atoms with Gasteiger partial charge in [-0.3, -0.25) is 14.8 Å². The molecule has 0 radical (unpaired) electrons. The standard InChI is InChI=1S/C14H16N4O/c1-2-15-10-18-14(19)11-6-8-17-13(9-11)12-5-3-4-7-16-12/h3-9,15H,2,10H2,1H3,(H,18,19). The number of carbonyl (C=O) groups is 1. The molecule has 0 fully saturated rings. The van der Waals surface area contributed by atoms with E-state index < -0.39 is 0 Å². The molecule has 98 valence electrons. The fourth-order valence-electron chi connectivity index (χ4n) is 1.60. The summed E-state index contributed by atoms with van der Waals surface area (Å²) < 4.78 is 0. The van der Waals surface area contributed by atoms with Crippen LogP contribution in [0.4, 0.5) is 0 Å². The molecule has 0 aliphatic rings. The predicted molar refractivity (Wildman–Crippen MR) is 73.5 cm³/mol. The van der Waals surface area contributed by atoms with Crippen LogP contribution in [0, 0.1) is 0 Å². The molecule has 2 heterocycles. The lowest BCUT2D eigenvalue weighted by atomic mass is 10.1. The summed E-state index contributed by atoms with van der Waals surface area (Å²) in [5.74, 6) is -0.125. The Kier molecular flexibility index (Phi) is 4.58. The number of hydrogen-bond donors (Lipinski definition) is 2. The minimum absolute atomic E-state index is 0.125. The summed E-state index contributed by atoms with van der Waals surface area (Å²) in [6.45, 7) is 3.25. The van der Waals surface area contributed by atoms with Crippen LogP contribution in [0.3, 0.4) is 0 Å². The Labute approximate surface area is 112 Å². The molecule has 0 aliphatic heterocycles. The number of amides is 1. The monoisotopic (exact) mass is 256 g/mol. The minimum Gasteiger partial charge on any atom is -0.339 e. The Hall–Kier alpha value is -2.27. The molecule has 2 rings (SSSR count). The van der Waals surface area contributed by atoms with Crippen LogP contribution in [-0.4, -0.2) is 29.1 Å². The quantitative estimate of drug-likeness (QED) is 0.627. The van der Waals surface area contributed by atoms with Crippen LogP contribution in [0.2, 0.25) is 0 Å². The summed E-state index contributed by atoms with van der Waals surface area (Å²) in [5, 5.41) is 5.82. The lowest BCUT2D eigenvalue weighted by Gasteiger charge is -2.06. The summed E-state index contributed by atoms with van der Waals surface area (Å²) in [6, 6.07) is 9.03. The van der Waals surface area contributed by atoms with Crippen molar-refractivity contribution in [2.24, 2.45) is 0 Å². The third-order valence-corrected chi connectivity index (χ3v) is 2.57. The van der Waals surface area contributed by atoms with E-state index in [4.69, 9.17) is 0 Å². The van der Waals surface area contributed by atoms with Crippen LogP contribution in [0.1, 0.15) is 17.3 Å². The summed E-state index contributed by atoms with van der Waals surface area (Å²) >= 11 is 0. The van der Waals surface area contributed by atoms with Crippen LogP contribution in [0.15, 0.2) is 42.7 Å². The lowest BCUT2D eigenvalue weighted by Crippen LogP contribution is -2.33. The Bertz CT molecular complexity index is 542. The van der Waals surface area contributed by atoms with Gasteiger partial charge in [-0.2, -0.15) is 0 Å². The largest absolute Gasteiger partial charge is 0.339 e. The van der Waals surface area contributed by atoms with E-state index in [-0.39, 0.29) is 5.91 Å². The molecule has 2 N–H and O–H groups in total. The van der Waals surface area contributed by atoms with Gasteiger partial charge in [-0.1, -0.05) is 13.0 Å². The van der Waals surface area contributed by atoms with Gasteiger partial charge in [-0.05, 0) is 30.8 Å². The van der Waals surface area contributed by atoms with Gasteiger partial charge in [0.15, 0.2) is 0 Å². The van der Waals surface area contributed by atoms with Crippen molar-refractivity contribution in [1.82, 2.24) is 20.6 Å². The molecule has 0 saturated heterocycles. The van der Waals surface area contributed by atoms with Crippen molar-refractivity contribution in [2.75, 3.05) is 13.2 Å². The first kappa shape index (κ1) is 13.2. The number of aromatic nitrogens is 2. The van der Waals surface area contributed by atoms with Crippen molar-refractivity contribution < 1.29 is 4.79 Å². The zero-order chi connectivity index (χ0) is 13.5. The maximum absolute atomic E-state index is 11.9. The van der Waals surface area contributed by atoms with E-state index in [1.165, 1.54) is 0 Å². The Morgan fingerprint density at radius 3 is 2.74 bits per heavy atom. The average Bonchev–Trinajstić information content (AvgIpc) is 2.48. The molecule has 0 atom stereocenters. The number of carbonyl (C=O) groups excluding carboxylic acids is 1. The molecule has 0 bridgehead atoms. The second-order valence-electron chi connectivity index (χ2n) is 3.93. The Morgan fingerprint density at radius 2 is 2.00 bits per heavy atom. The van der Waals surface area contributed by atoms with Gasteiger partial charge in [-0.15, -0.1) is 0 Å². The highest BCUT2D eigenvalue weighted by Crippen LogP contribution is 2.14. The van der Waals surface area contributed by atoms with E-state index in [1.54, 1.807) is 24.5 Å². The van der Waals surface area contributed by atoms with Crippen LogP contribution >= 0.6 is 0 Å². The molecule has 5 heteroatoms. The van der Waals surface area contributed by atoms with Gasteiger partial charge in [0.25, 0.3) is 5.91 Å². The first-order chi connectivity index (χ1) is 9.31. The molecule has 0 spiro atoms. The summed E-state index contributed by atoms with van der Waals surface area (Å²) in [7, 11) is 0. The van der Waals surface area contributed by atoms with Crippen molar-refractivity contribution in [2.45, 2.75) is 6.92 Å². The average molecular weight is 256 g/mol. The Balaban J connectivity index is 2.13. The second-order valence-corrected chi connectivity index (χ2v) is 3.93. The predicted octanol–water partition coefficient (Wildman–Crippen LogP) is 1.44. The van der Waals surface area contributed by atoms with Crippen LogP contribution in [0.25, 0.3) is 11.4 Å². The molecule has 2 aromatic rings. The van der Waals surface area contributed by atoms with E-state index in [0.717, 1.165) is 12.2 Å². The molecular formula is C14H16N4O. The molecule has 5 nitrogen and oxygen atoms in total. The number of rotatable bonds is 5. The summed E-state index contributed by atoms with van der Waals surface area (Å²) in [4.78, 5) is 20.4. The third kappa shape index (κ3) is 3.59. The lowest BCUT2D eigenvalue weighted by molar-refractivity contribution is 0.0951. The van der Waals surface area contributed by atoms with Gasteiger partial charge in [0.1, 0.15) is 0 Å². The van der Waals surface area contributed by atoms with Gasteiger partial charge in [-0.25, -0.2) is 0 Å². The van der Waals surface area contributed by atoms with Crippen molar-refractivity contribution in [3.05, 3.63) is 48.3 Å². The topological polar surface area (TPSA) is 66.9 Å². The van der Waals surface area contributed by atoms with Crippen LogP contribution in [-0.2, 0) is 0 Å². The molecule has 0 aromatic carbocycles. The van der Waals surface area contributed by atoms with Crippen molar-refractivity contribution in [3.8, 4) is 11.4 Å². The van der Waals surface area contributed by atoms with Gasteiger partial charge >= 0.3 is 0 Å². The minimum atomic E-state index is -0.125. The SMILES string of the molecule is CCNCNC(=O)c1ccnc(-c2ccccn2)c1. The van der Waals surface area contributed by atoms with Gasteiger partial charge in [0.05, 0.1) is 18.1 Å². The normalized spacial score (nSPS) is 10.2. The number of nitrogens with zero attached hydrogens (tertiary/aromatic N) is 2. The van der Waals surface area contributed by atoms with Gasteiger partial charge in [0, 0.05) is 18.0 Å². The smallest absolute Gasteiger partial charge is 0.252 e. The molecule has 0 unspecified atom stereocenters. The number of nitrogens with one attached hydrogen (secondary N) is 2. The van der Waals surface area contributed by atoms with Crippen molar-refractivity contribution in [1.29, 1.82) is 0 Å². The maximum atomic E-state index is 11.9. The highest BCUT2D eigenvalue weighted by Gasteiger charge is 2.07. The molecule has 0 aliphatic carbocycles. The zero-order valence-electron chi connectivity index (χ0n) is 10.8. The maximum Gasteiger partial charge on any atom is 0.252 e. The van der Waals surface area contributed by atoms with Gasteiger partial charge in [0.2, 0.25) is 0 Å². The number of pyridine rings is 2. The fourth-order valence-corrected chi connectivity index (χ4v) is 1.60. The van der Waals surface area contributed by atoms with Crippen molar-refractivity contribution >= 4 is 5.91 Å². The van der Waals surface area contributed by atoms with E-state index in [1.807, 2.05) is 25.1 Å². The molecular weight excluding hydrogens is 240 g/mol. The van der Waals surface area contributed by atoms with Gasteiger partial charge < -0.3 is 10.6 Å². The molecule has 0 saturated carbocycles. The van der Waals surface area contributed by atoms with E-state index in [0.29, 0.717) is 17.9 Å². The summed E-state index contributed by atoms with van der Waals surface area (Å²) in [5.41, 5.74) is 2.02. The third-order valence-electron chi connectivity index (χ3n) is 2.57. The fraction of sp³-hybridized carbons (Fsp3) is 0.214. The summed E-state index contributed by atoms with van der Waals surface area (Å²) in [6.07, 6.45) is 3.32. The van der Waals surface area contributed by atoms with Crippen molar-refractivity contribution in [3.63, 3.8) is 0 Å². The Morgan fingerprint density at radius 1 is 1.16 bits per heavy atom. The number of hydrogen-bond acceptors (Lipinski definition) is 4. The highest BCUT2D eigenvalue weighted by molar-refractivity contribution is 5.94. The highest BCUT2D eigenvalue weighted by atomic mass is 16.1. The second kappa shape index (κ2) is 6.61. The molecule has 19 heavy (non-hydrogen) atoms. The first-order valence-electron chi connectivity index (χ1n) is 6.17. The van der Waals surface area contributed by atoms with Crippen LogP contribution in [0.5, 0.6) is 0 Å². The molecule has 2 aromatic heterocycles. The van der Waals surface area contributed by atoms with E-state index in [9.17, 15) is 4.79 Å². The first-order valence-corrected chi connectivity index (χ1v) is 6.17. The zero-order valence-corrected chi connectivity index (χ0v) is 10.8. The van der Waals surface area contributed by atoms with E-state index >= 15 is 0 Å². The molecule has 1 amide bonds.